The zero-order valence-corrected chi connectivity index (χ0v) is 18.1. The Morgan fingerprint density at radius 2 is 1.93 bits per heavy atom. The summed E-state index contributed by atoms with van der Waals surface area (Å²) in [5, 5.41) is 3.05. The van der Waals surface area contributed by atoms with Crippen molar-refractivity contribution in [2.45, 2.75) is 30.4 Å². The van der Waals surface area contributed by atoms with Crippen LogP contribution in [0, 0.1) is 13.8 Å². The highest BCUT2D eigenvalue weighted by Crippen LogP contribution is 2.38. The summed E-state index contributed by atoms with van der Waals surface area (Å²) in [6.07, 6.45) is 0.210. The van der Waals surface area contributed by atoms with E-state index in [0.717, 1.165) is 23.7 Å². The van der Waals surface area contributed by atoms with Crippen LogP contribution in [0.25, 0.3) is 0 Å². The first-order valence-corrected chi connectivity index (χ1v) is 11.0. The van der Waals surface area contributed by atoms with Gasteiger partial charge in [-0.25, -0.2) is 0 Å². The van der Waals surface area contributed by atoms with Crippen LogP contribution in [0.5, 0.6) is 0 Å². The molecule has 2 aromatic carbocycles. The fraction of sp³-hybridized carbons (Fsp3) is 0.364. The number of carbonyl (C=O) groups excluding carboxylic acids is 2. The summed E-state index contributed by atoms with van der Waals surface area (Å²) in [6.45, 7) is 7.24. The van der Waals surface area contributed by atoms with Crippen LogP contribution >= 0.6 is 23.4 Å². The summed E-state index contributed by atoms with van der Waals surface area (Å²) >= 11 is 7.43. The Balaban J connectivity index is 1.36. The molecule has 0 bridgehead atoms. The minimum atomic E-state index is -0.409. The minimum absolute atomic E-state index is 0.0377. The van der Waals surface area contributed by atoms with Crippen molar-refractivity contribution >= 4 is 46.6 Å². The van der Waals surface area contributed by atoms with Crippen LogP contribution in [0.15, 0.2) is 41.3 Å². The largest absolute Gasteiger partial charge is 0.368 e. The molecule has 29 heavy (non-hydrogen) atoms. The van der Waals surface area contributed by atoms with Gasteiger partial charge in [-0.2, -0.15) is 0 Å². The first-order valence-electron chi connectivity index (χ1n) is 9.78. The second-order valence-electron chi connectivity index (χ2n) is 7.53. The Morgan fingerprint density at radius 3 is 2.69 bits per heavy atom. The zero-order chi connectivity index (χ0) is 20.5. The van der Waals surface area contributed by atoms with Gasteiger partial charge >= 0.3 is 0 Å². The van der Waals surface area contributed by atoms with Gasteiger partial charge in [0.2, 0.25) is 11.8 Å². The van der Waals surface area contributed by atoms with Crippen LogP contribution in [0.4, 0.5) is 11.4 Å². The number of nitrogens with one attached hydrogen (secondary N) is 1. The van der Waals surface area contributed by atoms with E-state index in [-0.39, 0.29) is 18.2 Å². The number of piperazine rings is 1. The zero-order valence-electron chi connectivity index (χ0n) is 16.6. The van der Waals surface area contributed by atoms with Crippen molar-refractivity contribution < 1.29 is 9.59 Å². The molecule has 2 amide bonds. The first kappa shape index (κ1) is 20.1. The smallest absolute Gasteiger partial charge is 0.238 e. The Labute approximate surface area is 180 Å². The summed E-state index contributed by atoms with van der Waals surface area (Å²) in [6, 6.07) is 11.8. The number of fused-ring (bicyclic) bond motifs is 1. The van der Waals surface area contributed by atoms with Crippen molar-refractivity contribution in [3.05, 3.63) is 52.5 Å². The van der Waals surface area contributed by atoms with E-state index in [1.807, 2.05) is 11.0 Å². The quantitative estimate of drug-likeness (QED) is 0.797. The van der Waals surface area contributed by atoms with Gasteiger partial charge in [0, 0.05) is 48.2 Å². The van der Waals surface area contributed by atoms with Gasteiger partial charge in [-0.15, -0.1) is 11.8 Å². The van der Waals surface area contributed by atoms with Gasteiger partial charge in [0.05, 0.1) is 10.9 Å². The molecule has 1 atom stereocenters. The van der Waals surface area contributed by atoms with Crippen molar-refractivity contribution in [3.8, 4) is 0 Å². The Bertz CT molecular complexity index is 957. The number of halogens is 1. The molecular formula is C22H24ClN3O2S. The van der Waals surface area contributed by atoms with Gasteiger partial charge in [0.1, 0.15) is 0 Å². The molecule has 2 heterocycles. The van der Waals surface area contributed by atoms with Crippen molar-refractivity contribution in [1.82, 2.24) is 4.90 Å². The number of benzene rings is 2. The van der Waals surface area contributed by atoms with Gasteiger partial charge in [0.15, 0.2) is 0 Å². The molecule has 0 aliphatic carbocycles. The van der Waals surface area contributed by atoms with Crippen molar-refractivity contribution in [2.75, 3.05) is 36.4 Å². The Kier molecular flexibility index (Phi) is 5.74. The van der Waals surface area contributed by atoms with Gasteiger partial charge in [-0.05, 0) is 49.2 Å². The molecular weight excluding hydrogens is 406 g/mol. The average Bonchev–Trinajstić information content (AvgIpc) is 2.71. The topological polar surface area (TPSA) is 52.6 Å². The van der Waals surface area contributed by atoms with Gasteiger partial charge in [-0.1, -0.05) is 23.7 Å². The lowest BCUT2D eigenvalue weighted by atomic mass is 10.1. The van der Waals surface area contributed by atoms with Crippen molar-refractivity contribution in [3.63, 3.8) is 0 Å². The summed E-state index contributed by atoms with van der Waals surface area (Å²) in [5.41, 5.74) is 4.54. The predicted octanol–water partition coefficient (Wildman–Crippen LogP) is 4.11. The third kappa shape index (κ3) is 4.23. The second kappa shape index (κ2) is 8.28. The molecule has 2 aliphatic heterocycles. The SMILES string of the molecule is Cc1cccc(N2CCN(C(=O)CC3Sc4ccc(Cl)cc4NC3=O)CC2)c1C. The van der Waals surface area contributed by atoms with Gasteiger partial charge in [0.25, 0.3) is 0 Å². The van der Waals surface area contributed by atoms with Crippen LogP contribution in [0.2, 0.25) is 5.02 Å². The first-order chi connectivity index (χ1) is 13.9. The van der Waals surface area contributed by atoms with Crippen molar-refractivity contribution in [1.29, 1.82) is 0 Å². The van der Waals surface area contributed by atoms with E-state index in [9.17, 15) is 9.59 Å². The lowest BCUT2D eigenvalue weighted by molar-refractivity contribution is -0.132. The number of hydrogen-bond acceptors (Lipinski definition) is 4. The molecule has 7 heteroatoms. The highest BCUT2D eigenvalue weighted by molar-refractivity contribution is 8.01. The number of thioether (sulfide) groups is 1. The number of rotatable bonds is 3. The summed E-state index contributed by atoms with van der Waals surface area (Å²) < 4.78 is 0. The molecule has 0 aromatic heterocycles. The standard InChI is InChI=1S/C22H24ClN3O2S/c1-14-4-3-5-18(15(14)2)25-8-10-26(11-9-25)21(27)13-20-22(28)24-17-12-16(23)6-7-19(17)29-20/h3-7,12,20H,8-11,13H2,1-2H3,(H,24,28). The summed E-state index contributed by atoms with van der Waals surface area (Å²) in [7, 11) is 0. The normalized spacial score (nSPS) is 19.0. The van der Waals surface area contributed by atoms with Crippen LogP contribution in [-0.4, -0.2) is 48.1 Å². The minimum Gasteiger partial charge on any atom is -0.368 e. The van der Waals surface area contributed by atoms with Gasteiger partial charge in [-0.3, -0.25) is 9.59 Å². The molecule has 0 radical (unpaired) electrons. The monoisotopic (exact) mass is 429 g/mol. The van der Waals surface area contributed by atoms with E-state index >= 15 is 0 Å². The number of amides is 2. The molecule has 1 saturated heterocycles. The molecule has 4 rings (SSSR count). The maximum atomic E-state index is 12.8. The maximum Gasteiger partial charge on any atom is 0.238 e. The molecule has 1 N–H and O–H groups in total. The van der Waals surface area contributed by atoms with Crippen LogP contribution in [0.1, 0.15) is 17.5 Å². The third-order valence-corrected chi connectivity index (χ3v) is 7.18. The van der Waals surface area contributed by atoms with Crippen molar-refractivity contribution in [2.24, 2.45) is 0 Å². The predicted molar refractivity (Wildman–Crippen MR) is 119 cm³/mol. The molecule has 0 saturated carbocycles. The molecule has 1 unspecified atom stereocenters. The van der Waals surface area contributed by atoms with Crippen LogP contribution in [-0.2, 0) is 9.59 Å². The van der Waals surface area contributed by atoms with E-state index in [1.54, 1.807) is 12.1 Å². The lowest BCUT2D eigenvalue weighted by Crippen LogP contribution is -2.50. The Morgan fingerprint density at radius 1 is 1.17 bits per heavy atom. The van der Waals surface area contributed by atoms with Crippen LogP contribution in [0.3, 0.4) is 0 Å². The highest BCUT2D eigenvalue weighted by atomic mass is 35.5. The molecule has 5 nitrogen and oxygen atoms in total. The van der Waals surface area contributed by atoms with Gasteiger partial charge < -0.3 is 15.1 Å². The molecule has 2 aromatic rings. The molecule has 152 valence electrons. The van der Waals surface area contributed by atoms with E-state index in [4.69, 9.17) is 11.6 Å². The number of carbonyl (C=O) groups is 2. The Hall–Kier alpha value is -2.18. The number of anilines is 2. The number of nitrogens with zero attached hydrogens (tertiary/aromatic N) is 2. The van der Waals surface area contributed by atoms with E-state index in [0.29, 0.717) is 18.1 Å². The second-order valence-corrected chi connectivity index (χ2v) is 9.21. The van der Waals surface area contributed by atoms with E-state index in [2.05, 4.69) is 42.3 Å². The number of aryl methyl sites for hydroxylation is 1. The fourth-order valence-electron chi connectivity index (χ4n) is 3.82. The van der Waals surface area contributed by atoms with Crippen LogP contribution < -0.4 is 10.2 Å². The fourth-order valence-corrected chi connectivity index (χ4v) is 5.07. The summed E-state index contributed by atoms with van der Waals surface area (Å²) in [4.78, 5) is 30.4. The van der Waals surface area contributed by atoms with E-state index < -0.39 is 5.25 Å². The third-order valence-electron chi connectivity index (χ3n) is 5.67. The number of hydrogen-bond donors (Lipinski definition) is 1. The molecule has 0 spiro atoms. The summed E-state index contributed by atoms with van der Waals surface area (Å²) in [5.74, 6) is -0.0946. The maximum absolute atomic E-state index is 12.8. The highest BCUT2D eigenvalue weighted by Gasteiger charge is 2.31. The lowest BCUT2D eigenvalue weighted by Gasteiger charge is -2.37. The van der Waals surface area contributed by atoms with E-state index in [1.165, 1.54) is 28.6 Å². The average molecular weight is 430 g/mol. The molecule has 2 aliphatic rings. The molecule has 1 fully saturated rings.